The maximum Gasteiger partial charge on any atom is 0.207 e. The second-order valence-corrected chi connectivity index (χ2v) is 3.40. The highest BCUT2D eigenvalue weighted by atomic mass is 16.1. The molecule has 0 saturated heterocycles. The number of benzene rings is 1. The van der Waals surface area contributed by atoms with Gasteiger partial charge in [-0.2, -0.15) is 0 Å². The van der Waals surface area contributed by atoms with Gasteiger partial charge in [0.05, 0.1) is 6.04 Å². The van der Waals surface area contributed by atoms with Crippen LogP contribution in [0.3, 0.4) is 0 Å². The lowest BCUT2D eigenvalue weighted by molar-refractivity contribution is -0.110. The van der Waals surface area contributed by atoms with Crippen molar-refractivity contribution in [1.29, 1.82) is 0 Å². The number of aryl methyl sites for hydroxylation is 1. The second kappa shape index (κ2) is 3.62. The lowest BCUT2D eigenvalue weighted by atomic mass is 9.87. The molecular weight excluding hydrogens is 178 g/mol. The van der Waals surface area contributed by atoms with Crippen molar-refractivity contribution in [2.45, 2.75) is 18.9 Å². The van der Waals surface area contributed by atoms with E-state index < -0.39 is 0 Å². The molecule has 0 heterocycles. The van der Waals surface area contributed by atoms with Crippen LogP contribution in [0.25, 0.3) is 0 Å². The molecule has 1 amide bonds. The Morgan fingerprint density at radius 3 is 2.93 bits per heavy atom. The van der Waals surface area contributed by atoms with E-state index in [1.165, 1.54) is 0 Å². The Kier molecular flexibility index (Phi) is 2.31. The minimum atomic E-state index is -0.331. The van der Waals surface area contributed by atoms with Crippen molar-refractivity contribution in [3.05, 3.63) is 35.4 Å². The summed E-state index contributed by atoms with van der Waals surface area (Å²) in [6.45, 7) is 0. The predicted molar refractivity (Wildman–Crippen MR) is 52.1 cm³/mol. The lowest BCUT2D eigenvalue weighted by Gasteiger charge is -2.22. The highest BCUT2D eigenvalue weighted by molar-refractivity contribution is 6.03. The average molecular weight is 189 g/mol. The van der Waals surface area contributed by atoms with Crippen molar-refractivity contribution in [2.24, 2.45) is 0 Å². The molecule has 3 heteroatoms. The molecule has 14 heavy (non-hydrogen) atoms. The minimum Gasteiger partial charge on any atom is -0.348 e. The summed E-state index contributed by atoms with van der Waals surface area (Å²) >= 11 is 0. The van der Waals surface area contributed by atoms with Crippen LogP contribution in [0.5, 0.6) is 0 Å². The number of rotatable bonds is 2. The molecule has 0 bridgehead atoms. The third-order valence-electron chi connectivity index (χ3n) is 2.57. The van der Waals surface area contributed by atoms with E-state index in [9.17, 15) is 9.59 Å². The zero-order chi connectivity index (χ0) is 9.97. The van der Waals surface area contributed by atoms with Gasteiger partial charge < -0.3 is 5.32 Å². The highest BCUT2D eigenvalue weighted by Crippen LogP contribution is 2.20. The van der Waals surface area contributed by atoms with Gasteiger partial charge in [0.1, 0.15) is 0 Å². The number of carbonyl (C=O) groups excluding carboxylic acids is 2. The fourth-order valence-electron chi connectivity index (χ4n) is 1.84. The first-order valence-corrected chi connectivity index (χ1v) is 4.65. The molecule has 0 aromatic heterocycles. The van der Waals surface area contributed by atoms with Gasteiger partial charge in [0.25, 0.3) is 0 Å². The van der Waals surface area contributed by atoms with Crippen LogP contribution >= 0.6 is 0 Å². The molecule has 2 rings (SSSR count). The Labute approximate surface area is 82.1 Å². The Hall–Kier alpha value is -1.64. The minimum absolute atomic E-state index is 0.0268. The fraction of sp³-hybridized carbons (Fsp3) is 0.273. The molecule has 0 aliphatic heterocycles. The van der Waals surface area contributed by atoms with Gasteiger partial charge in [-0.1, -0.05) is 24.3 Å². The van der Waals surface area contributed by atoms with Gasteiger partial charge >= 0.3 is 0 Å². The van der Waals surface area contributed by atoms with E-state index >= 15 is 0 Å². The SMILES string of the molecule is O=CNC1CCc2ccccc2C1=O. The molecule has 1 atom stereocenters. The van der Waals surface area contributed by atoms with Gasteiger partial charge in [-0.15, -0.1) is 0 Å². The van der Waals surface area contributed by atoms with Gasteiger partial charge in [0.15, 0.2) is 5.78 Å². The molecule has 0 radical (unpaired) electrons. The number of hydrogen-bond acceptors (Lipinski definition) is 2. The molecular formula is C11H11NO2. The third kappa shape index (κ3) is 1.41. The number of hydrogen-bond donors (Lipinski definition) is 1. The number of nitrogens with one attached hydrogen (secondary N) is 1. The normalized spacial score (nSPS) is 20.0. The van der Waals surface area contributed by atoms with Crippen molar-refractivity contribution in [3.8, 4) is 0 Å². The van der Waals surface area contributed by atoms with Crippen molar-refractivity contribution < 1.29 is 9.59 Å². The van der Waals surface area contributed by atoms with Crippen LogP contribution in [0, 0.1) is 0 Å². The maximum atomic E-state index is 11.8. The van der Waals surface area contributed by atoms with E-state index in [0.29, 0.717) is 12.8 Å². The number of ketones is 1. The van der Waals surface area contributed by atoms with Crippen LogP contribution in [-0.2, 0) is 11.2 Å². The number of carbonyl (C=O) groups is 2. The molecule has 1 aliphatic carbocycles. The van der Waals surface area contributed by atoms with Crippen LogP contribution in [0.1, 0.15) is 22.3 Å². The number of Topliss-reactive ketones (excluding diaryl/α,β-unsaturated/α-hetero) is 1. The molecule has 0 fully saturated rings. The Bertz CT molecular complexity index is 373. The van der Waals surface area contributed by atoms with Crippen LogP contribution in [0.15, 0.2) is 24.3 Å². The number of amides is 1. The molecule has 1 unspecified atom stereocenters. The third-order valence-corrected chi connectivity index (χ3v) is 2.57. The van der Waals surface area contributed by atoms with Gasteiger partial charge in [-0.3, -0.25) is 9.59 Å². The van der Waals surface area contributed by atoms with Crippen molar-refractivity contribution >= 4 is 12.2 Å². The second-order valence-electron chi connectivity index (χ2n) is 3.40. The van der Waals surface area contributed by atoms with Gasteiger partial charge in [0.2, 0.25) is 6.41 Å². The molecule has 3 nitrogen and oxygen atoms in total. The molecule has 0 spiro atoms. The molecule has 0 saturated carbocycles. The lowest BCUT2D eigenvalue weighted by Crippen LogP contribution is -2.39. The zero-order valence-electron chi connectivity index (χ0n) is 7.69. The summed E-state index contributed by atoms with van der Waals surface area (Å²) in [4.78, 5) is 22.1. The molecule has 1 aromatic carbocycles. The summed E-state index contributed by atoms with van der Waals surface area (Å²) in [7, 11) is 0. The number of fused-ring (bicyclic) bond motifs is 1. The standard InChI is InChI=1S/C11H11NO2/c13-7-12-10-6-5-8-3-1-2-4-9(8)11(10)14/h1-4,7,10H,5-6H2,(H,12,13). The van der Waals surface area contributed by atoms with Crippen LogP contribution in [-0.4, -0.2) is 18.2 Å². The molecule has 1 N–H and O–H groups in total. The summed E-state index contributed by atoms with van der Waals surface area (Å²) in [5, 5.41) is 2.55. The van der Waals surface area contributed by atoms with Crippen LogP contribution in [0.2, 0.25) is 0 Å². The summed E-state index contributed by atoms with van der Waals surface area (Å²) in [5.41, 5.74) is 1.83. The maximum absolute atomic E-state index is 11.8. The molecule has 1 aromatic rings. The van der Waals surface area contributed by atoms with E-state index in [2.05, 4.69) is 5.32 Å². The first-order valence-electron chi connectivity index (χ1n) is 4.65. The summed E-state index contributed by atoms with van der Waals surface area (Å²) in [6.07, 6.45) is 2.15. The Balaban J connectivity index is 2.31. The monoisotopic (exact) mass is 189 g/mol. The van der Waals surface area contributed by atoms with E-state index in [0.717, 1.165) is 17.5 Å². The molecule has 72 valence electrons. The van der Waals surface area contributed by atoms with Crippen molar-refractivity contribution in [3.63, 3.8) is 0 Å². The highest BCUT2D eigenvalue weighted by Gasteiger charge is 2.25. The molecule has 1 aliphatic rings. The van der Waals surface area contributed by atoms with Crippen molar-refractivity contribution in [1.82, 2.24) is 5.32 Å². The van der Waals surface area contributed by atoms with Gasteiger partial charge in [0, 0.05) is 5.56 Å². The van der Waals surface area contributed by atoms with E-state index in [4.69, 9.17) is 0 Å². The summed E-state index contributed by atoms with van der Waals surface area (Å²) in [5.74, 6) is 0.0268. The largest absolute Gasteiger partial charge is 0.348 e. The van der Waals surface area contributed by atoms with Crippen LogP contribution in [0.4, 0.5) is 0 Å². The predicted octanol–water partition coefficient (Wildman–Crippen LogP) is 0.930. The van der Waals surface area contributed by atoms with Gasteiger partial charge in [-0.25, -0.2) is 0 Å². The summed E-state index contributed by atoms with van der Waals surface area (Å²) < 4.78 is 0. The van der Waals surface area contributed by atoms with E-state index in [1.807, 2.05) is 24.3 Å². The Morgan fingerprint density at radius 2 is 2.14 bits per heavy atom. The Morgan fingerprint density at radius 1 is 1.36 bits per heavy atom. The first kappa shape index (κ1) is 8.94. The first-order chi connectivity index (χ1) is 6.83. The van der Waals surface area contributed by atoms with E-state index in [1.54, 1.807) is 0 Å². The summed E-state index contributed by atoms with van der Waals surface area (Å²) in [6, 6.07) is 7.22. The average Bonchev–Trinajstić information content (AvgIpc) is 2.23. The zero-order valence-corrected chi connectivity index (χ0v) is 7.69. The van der Waals surface area contributed by atoms with Crippen molar-refractivity contribution in [2.75, 3.05) is 0 Å². The smallest absolute Gasteiger partial charge is 0.207 e. The van der Waals surface area contributed by atoms with Gasteiger partial charge in [-0.05, 0) is 18.4 Å². The quantitative estimate of drug-likeness (QED) is 0.703. The van der Waals surface area contributed by atoms with Crippen LogP contribution < -0.4 is 5.32 Å². The fourth-order valence-corrected chi connectivity index (χ4v) is 1.84. The topological polar surface area (TPSA) is 46.2 Å². The van der Waals surface area contributed by atoms with E-state index in [-0.39, 0.29) is 11.8 Å².